The van der Waals surface area contributed by atoms with Crippen molar-refractivity contribution in [1.82, 2.24) is 0 Å². The van der Waals surface area contributed by atoms with Gasteiger partial charge in [-0.1, -0.05) is 62.6 Å². The molecule has 0 aromatic rings. The molecule has 0 aromatic carbocycles. The zero-order valence-corrected chi connectivity index (χ0v) is 15.1. The minimum absolute atomic E-state index is 0.266. The monoisotopic (exact) mass is 334 g/mol. The number of hydrogen-bond donors (Lipinski definition) is 2. The second-order valence-electron chi connectivity index (χ2n) is 6.86. The van der Waals surface area contributed by atoms with Crippen LogP contribution in [-0.2, 0) is 4.79 Å². The van der Waals surface area contributed by atoms with Gasteiger partial charge >= 0.3 is 5.97 Å². The highest BCUT2D eigenvalue weighted by Crippen LogP contribution is 2.44. The Hall–Kier alpha value is -1.35. The Kier molecular flexibility index (Phi) is 11.2. The Labute approximate surface area is 147 Å². The number of hydrogen-bond acceptors (Lipinski definition) is 2. The Morgan fingerprint density at radius 2 is 1.83 bits per heavy atom. The first-order chi connectivity index (χ1) is 11.6. The maximum Gasteiger partial charge on any atom is 0.303 e. The van der Waals surface area contributed by atoms with Crippen molar-refractivity contribution in [2.45, 2.75) is 77.2 Å². The Morgan fingerprint density at radius 3 is 2.54 bits per heavy atom. The molecule has 1 fully saturated rings. The van der Waals surface area contributed by atoms with Gasteiger partial charge in [-0.05, 0) is 50.4 Å². The average molecular weight is 335 g/mol. The molecule has 0 radical (unpaired) electrons. The number of aliphatic hydroxyl groups is 1. The number of aliphatic hydroxyl groups excluding tert-OH is 1. The predicted molar refractivity (Wildman–Crippen MR) is 99.9 cm³/mol. The largest absolute Gasteiger partial charge is 0.481 e. The number of aliphatic carboxylic acids is 1. The summed E-state index contributed by atoms with van der Waals surface area (Å²) in [5.74, 6) is 0.891. The number of rotatable bonds is 14. The van der Waals surface area contributed by atoms with Gasteiger partial charge in [0.1, 0.15) is 0 Å². The van der Waals surface area contributed by atoms with Gasteiger partial charge in [0.05, 0.1) is 6.10 Å². The molecule has 0 saturated heterocycles. The summed E-state index contributed by atoms with van der Waals surface area (Å²) in [7, 11) is 0. The SMILES string of the molecule is CCCCC[C@H](O)/C=C/C=C\C[C@H]1C[C@H]1C/C=C\CCCC(=O)O. The molecule has 0 aliphatic heterocycles. The molecule has 0 spiro atoms. The molecule has 1 rings (SSSR count). The zero-order valence-electron chi connectivity index (χ0n) is 15.1. The van der Waals surface area contributed by atoms with Crippen LogP contribution in [0.1, 0.15) is 71.1 Å². The van der Waals surface area contributed by atoms with Gasteiger partial charge in [0.15, 0.2) is 0 Å². The number of allylic oxidation sites excluding steroid dienone is 5. The van der Waals surface area contributed by atoms with Crippen molar-refractivity contribution >= 4 is 5.97 Å². The van der Waals surface area contributed by atoms with Gasteiger partial charge in [-0.15, -0.1) is 0 Å². The maximum atomic E-state index is 10.4. The number of carboxylic acids is 1. The summed E-state index contributed by atoms with van der Waals surface area (Å²) in [6, 6.07) is 0. The first-order valence-electron chi connectivity index (χ1n) is 9.51. The first-order valence-corrected chi connectivity index (χ1v) is 9.51. The summed E-state index contributed by atoms with van der Waals surface area (Å²) in [6.07, 6.45) is 21.9. The van der Waals surface area contributed by atoms with Crippen LogP contribution in [0.3, 0.4) is 0 Å². The smallest absolute Gasteiger partial charge is 0.303 e. The maximum absolute atomic E-state index is 10.4. The molecule has 0 heterocycles. The Morgan fingerprint density at radius 1 is 1.08 bits per heavy atom. The van der Waals surface area contributed by atoms with E-state index in [4.69, 9.17) is 5.11 Å². The summed E-state index contributed by atoms with van der Waals surface area (Å²) in [5, 5.41) is 18.3. The fraction of sp³-hybridized carbons (Fsp3) is 0.667. The molecule has 1 aliphatic carbocycles. The topological polar surface area (TPSA) is 57.5 Å². The standard InChI is InChI=1S/C21H34O3/c1-2-3-7-14-20(22)15-10-6-9-13-19-17-18(19)12-8-4-5-11-16-21(23)24/h4,6,8-10,15,18-20,22H,2-3,5,7,11-14,16-17H2,1H3,(H,23,24)/b8-4-,9-6-,15-10+/t18-,19+,20+/m1/s1. The van der Waals surface area contributed by atoms with Crippen LogP contribution in [0.2, 0.25) is 0 Å². The van der Waals surface area contributed by atoms with E-state index in [9.17, 15) is 9.90 Å². The highest BCUT2D eigenvalue weighted by molar-refractivity contribution is 5.66. The molecule has 3 atom stereocenters. The van der Waals surface area contributed by atoms with Crippen LogP contribution in [0, 0.1) is 11.8 Å². The Balaban J connectivity index is 2.01. The molecule has 3 nitrogen and oxygen atoms in total. The molecule has 3 heteroatoms. The fourth-order valence-electron chi connectivity index (χ4n) is 2.87. The third-order valence-electron chi connectivity index (χ3n) is 4.56. The molecule has 2 N–H and O–H groups in total. The number of carboxylic acid groups (broad SMARTS) is 1. The van der Waals surface area contributed by atoms with Gasteiger partial charge in [-0.25, -0.2) is 0 Å². The highest BCUT2D eigenvalue weighted by Gasteiger charge is 2.34. The van der Waals surface area contributed by atoms with Crippen molar-refractivity contribution in [2.75, 3.05) is 0 Å². The third-order valence-corrected chi connectivity index (χ3v) is 4.56. The van der Waals surface area contributed by atoms with Crippen molar-refractivity contribution in [3.63, 3.8) is 0 Å². The van der Waals surface area contributed by atoms with E-state index >= 15 is 0 Å². The van der Waals surface area contributed by atoms with E-state index in [2.05, 4.69) is 31.2 Å². The van der Waals surface area contributed by atoms with Crippen LogP contribution in [0.5, 0.6) is 0 Å². The lowest BCUT2D eigenvalue weighted by atomic mass is 10.1. The van der Waals surface area contributed by atoms with Crippen LogP contribution < -0.4 is 0 Å². The van der Waals surface area contributed by atoms with Gasteiger partial charge in [0.2, 0.25) is 0 Å². The van der Waals surface area contributed by atoms with Crippen molar-refractivity contribution in [2.24, 2.45) is 11.8 Å². The summed E-state index contributed by atoms with van der Waals surface area (Å²) in [6.45, 7) is 2.17. The first kappa shape index (κ1) is 20.7. The van der Waals surface area contributed by atoms with E-state index in [1.54, 1.807) is 0 Å². The van der Waals surface area contributed by atoms with E-state index in [1.165, 1.54) is 19.3 Å². The molecule has 1 aliphatic rings. The predicted octanol–water partition coefficient (Wildman–Crippen LogP) is 5.27. The van der Waals surface area contributed by atoms with Gasteiger partial charge in [0.25, 0.3) is 0 Å². The molecule has 1 saturated carbocycles. The normalized spacial score (nSPS) is 21.9. The molecule has 0 amide bonds. The van der Waals surface area contributed by atoms with Gasteiger partial charge < -0.3 is 10.2 Å². The number of unbranched alkanes of at least 4 members (excludes halogenated alkanes) is 3. The van der Waals surface area contributed by atoms with Crippen molar-refractivity contribution < 1.29 is 15.0 Å². The zero-order chi connectivity index (χ0) is 17.6. The van der Waals surface area contributed by atoms with E-state index < -0.39 is 5.97 Å². The molecular formula is C21H34O3. The van der Waals surface area contributed by atoms with Gasteiger partial charge in [-0.3, -0.25) is 4.79 Å². The van der Waals surface area contributed by atoms with Crippen LogP contribution in [0.25, 0.3) is 0 Å². The van der Waals surface area contributed by atoms with Gasteiger partial charge in [-0.2, -0.15) is 0 Å². The number of carbonyl (C=O) groups is 1. The summed E-state index contributed by atoms with van der Waals surface area (Å²) < 4.78 is 0. The molecule has 24 heavy (non-hydrogen) atoms. The highest BCUT2D eigenvalue weighted by atomic mass is 16.4. The van der Waals surface area contributed by atoms with E-state index in [0.717, 1.165) is 50.4 Å². The van der Waals surface area contributed by atoms with Crippen LogP contribution >= 0.6 is 0 Å². The van der Waals surface area contributed by atoms with Crippen molar-refractivity contribution in [3.8, 4) is 0 Å². The van der Waals surface area contributed by atoms with Crippen molar-refractivity contribution in [1.29, 1.82) is 0 Å². The summed E-state index contributed by atoms with van der Waals surface area (Å²) in [4.78, 5) is 10.4. The second-order valence-corrected chi connectivity index (χ2v) is 6.86. The van der Waals surface area contributed by atoms with E-state index in [1.807, 2.05) is 12.2 Å². The van der Waals surface area contributed by atoms with Crippen LogP contribution in [0.4, 0.5) is 0 Å². The van der Waals surface area contributed by atoms with E-state index in [-0.39, 0.29) is 12.5 Å². The minimum atomic E-state index is -0.708. The molecule has 136 valence electrons. The summed E-state index contributed by atoms with van der Waals surface area (Å²) >= 11 is 0. The van der Waals surface area contributed by atoms with Gasteiger partial charge in [0, 0.05) is 6.42 Å². The lowest BCUT2D eigenvalue weighted by Crippen LogP contribution is -2.00. The molecule has 0 aromatic heterocycles. The summed E-state index contributed by atoms with van der Waals surface area (Å²) in [5.41, 5.74) is 0. The molecular weight excluding hydrogens is 300 g/mol. The van der Waals surface area contributed by atoms with E-state index in [0.29, 0.717) is 0 Å². The third kappa shape index (κ3) is 11.2. The average Bonchev–Trinajstić information content (AvgIpc) is 3.29. The van der Waals surface area contributed by atoms with Crippen LogP contribution in [0.15, 0.2) is 36.5 Å². The van der Waals surface area contributed by atoms with Crippen LogP contribution in [-0.4, -0.2) is 22.3 Å². The lowest BCUT2D eigenvalue weighted by molar-refractivity contribution is -0.137. The quantitative estimate of drug-likeness (QED) is 0.258. The van der Waals surface area contributed by atoms with Crippen molar-refractivity contribution in [3.05, 3.63) is 36.5 Å². The minimum Gasteiger partial charge on any atom is -0.481 e. The fourth-order valence-corrected chi connectivity index (χ4v) is 2.87. The molecule has 0 bridgehead atoms. The lowest BCUT2D eigenvalue weighted by Gasteiger charge is -2.03. The Bertz CT molecular complexity index is 423. The molecule has 0 unspecified atom stereocenters. The second kappa shape index (κ2) is 13.0.